The van der Waals surface area contributed by atoms with Crippen molar-refractivity contribution in [3.05, 3.63) is 125 Å². The predicted molar refractivity (Wildman–Crippen MR) is 187 cm³/mol. The summed E-state index contributed by atoms with van der Waals surface area (Å²) in [4.78, 5) is 14.8. The van der Waals surface area contributed by atoms with Crippen LogP contribution in [0.4, 0.5) is 0 Å². The normalized spacial score (nSPS) is 12.0. The van der Waals surface area contributed by atoms with E-state index in [1.54, 1.807) is 0 Å². The lowest BCUT2D eigenvalue weighted by molar-refractivity contribution is 0.484. The van der Waals surface area contributed by atoms with Crippen molar-refractivity contribution in [2.45, 2.75) is 34.6 Å². The fraction of sp³-hybridized carbons (Fsp3) is 0.125. The molecule has 0 bridgehead atoms. The summed E-state index contributed by atoms with van der Waals surface area (Å²) in [5.74, 6) is 1.51. The van der Waals surface area contributed by atoms with Crippen molar-refractivity contribution in [1.29, 1.82) is 0 Å². The molecular weight excluding hydrogens is 566 g/mol. The lowest BCUT2D eigenvalue weighted by atomic mass is 9.97. The van der Waals surface area contributed by atoms with Gasteiger partial charge in [-0.3, -0.25) is 8.80 Å². The summed E-state index contributed by atoms with van der Waals surface area (Å²) in [6, 6.07) is 29.7. The second-order valence-corrected chi connectivity index (χ2v) is 12.4. The summed E-state index contributed by atoms with van der Waals surface area (Å²) in [5, 5.41) is 6.59. The molecule has 5 aromatic heterocycles. The predicted octanol–water partition coefficient (Wildman–Crippen LogP) is 9.99. The Kier molecular flexibility index (Phi) is 5.57. The Balaban J connectivity index is 1.24. The first-order valence-corrected chi connectivity index (χ1v) is 15.6. The summed E-state index contributed by atoms with van der Waals surface area (Å²) in [6.45, 7) is 10.7. The topological polar surface area (TPSA) is 56.7 Å². The van der Waals surface area contributed by atoms with Gasteiger partial charge in [0.15, 0.2) is 0 Å². The average molecular weight is 598 g/mol. The molecule has 0 saturated heterocycles. The maximum Gasteiger partial charge on any atom is 0.146 e. The van der Waals surface area contributed by atoms with E-state index in [9.17, 15) is 0 Å². The van der Waals surface area contributed by atoms with Crippen molar-refractivity contribution < 1.29 is 4.74 Å². The molecule has 0 saturated carbocycles. The molecule has 0 fully saturated rings. The van der Waals surface area contributed by atoms with Gasteiger partial charge in [-0.1, -0.05) is 35.9 Å². The lowest BCUT2D eigenvalue weighted by Crippen LogP contribution is -1.98. The Morgan fingerprint density at radius 1 is 0.565 bits per heavy atom. The van der Waals surface area contributed by atoms with Crippen LogP contribution >= 0.6 is 0 Å². The van der Waals surface area contributed by atoms with Crippen molar-refractivity contribution >= 4 is 54.8 Å². The van der Waals surface area contributed by atoms with Crippen LogP contribution in [0.2, 0.25) is 0 Å². The number of pyridine rings is 3. The second-order valence-electron chi connectivity index (χ2n) is 12.4. The van der Waals surface area contributed by atoms with Gasteiger partial charge in [-0.25, -0.2) is 15.0 Å². The van der Waals surface area contributed by atoms with Crippen LogP contribution in [-0.2, 0) is 0 Å². The number of hydrogen-bond acceptors (Lipinski definition) is 4. The quantitative estimate of drug-likeness (QED) is 0.190. The van der Waals surface area contributed by atoms with E-state index >= 15 is 0 Å². The number of ether oxygens (including phenoxy) is 1. The zero-order valence-corrected chi connectivity index (χ0v) is 26.4. The van der Waals surface area contributed by atoms with Crippen LogP contribution in [0, 0.1) is 34.6 Å². The molecular formula is C40H31N5O. The molecule has 0 N–H and O–H groups in total. The van der Waals surface area contributed by atoms with E-state index in [2.05, 4.69) is 116 Å². The first-order chi connectivity index (χ1) is 22.4. The number of hydrogen-bond donors (Lipinski definition) is 0. The summed E-state index contributed by atoms with van der Waals surface area (Å²) in [7, 11) is 0. The minimum atomic E-state index is 0.747. The van der Waals surface area contributed by atoms with Gasteiger partial charge < -0.3 is 4.74 Å². The van der Waals surface area contributed by atoms with Crippen LogP contribution in [0.15, 0.2) is 97.3 Å². The summed E-state index contributed by atoms with van der Waals surface area (Å²) >= 11 is 0. The van der Waals surface area contributed by atoms with Crippen LogP contribution < -0.4 is 4.74 Å². The van der Waals surface area contributed by atoms with E-state index in [-0.39, 0.29) is 0 Å². The van der Waals surface area contributed by atoms with Gasteiger partial charge in [0, 0.05) is 39.0 Å². The first kappa shape index (κ1) is 26.6. The molecule has 9 rings (SSSR count). The monoisotopic (exact) mass is 597 g/mol. The largest absolute Gasteiger partial charge is 0.457 e. The molecule has 0 aliphatic rings. The van der Waals surface area contributed by atoms with E-state index < -0.39 is 0 Å². The smallest absolute Gasteiger partial charge is 0.146 e. The molecule has 222 valence electrons. The molecule has 46 heavy (non-hydrogen) atoms. The number of fused-ring (bicyclic) bond motifs is 12. The van der Waals surface area contributed by atoms with Crippen LogP contribution in [0.1, 0.15) is 28.1 Å². The van der Waals surface area contributed by atoms with Gasteiger partial charge in [-0.15, -0.1) is 0 Å². The highest BCUT2D eigenvalue weighted by Crippen LogP contribution is 2.38. The lowest BCUT2D eigenvalue weighted by Gasteiger charge is -2.15. The number of imidazole rings is 2. The molecule has 5 heterocycles. The average Bonchev–Trinajstić information content (AvgIpc) is 3.62. The van der Waals surface area contributed by atoms with Crippen molar-refractivity contribution in [3.8, 4) is 22.8 Å². The van der Waals surface area contributed by atoms with Crippen LogP contribution in [0.5, 0.6) is 11.5 Å². The molecule has 0 aliphatic heterocycles. The minimum absolute atomic E-state index is 0.747. The van der Waals surface area contributed by atoms with E-state index in [4.69, 9.17) is 19.7 Å². The Morgan fingerprint density at radius 2 is 1.22 bits per heavy atom. The number of aromatic nitrogens is 5. The molecule has 4 aromatic carbocycles. The highest BCUT2D eigenvalue weighted by atomic mass is 16.5. The second kappa shape index (κ2) is 9.62. The Bertz CT molecular complexity index is 2710. The molecule has 0 unspecified atom stereocenters. The van der Waals surface area contributed by atoms with Gasteiger partial charge in [-0.2, -0.15) is 0 Å². The summed E-state index contributed by atoms with van der Waals surface area (Å²) in [5.41, 5.74) is 12.0. The molecule has 0 amide bonds. The number of nitrogens with zero attached hydrogens (tertiary/aromatic N) is 5. The molecule has 0 spiro atoms. The summed E-state index contributed by atoms with van der Waals surface area (Å²) < 4.78 is 11.1. The highest BCUT2D eigenvalue weighted by molar-refractivity contribution is 6.13. The number of benzene rings is 4. The van der Waals surface area contributed by atoms with Gasteiger partial charge in [0.25, 0.3) is 0 Å². The van der Waals surface area contributed by atoms with Gasteiger partial charge in [0.2, 0.25) is 0 Å². The Morgan fingerprint density at radius 3 is 1.98 bits per heavy atom. The van der Waals surface area contributed by atoms with E-state index in [0.717, 1.165) is 78.0 Å². The fourth-order valence-corrected chi connectivity index (χ4v) is 7.43. The van der Waals surface area contributed by atoms with E-state index in [1.807, 2.05) is 24.5 Å². The maximum absolute atomic E-state index is 6.61. The molecule has 6 heteroatoms. The molecule has 0 aliphatic carbocycles. The number of aryl methyl sites for hydroxylation is 5. The van der Waals surface area contributed by atoms with Crippen LogP contribution in [-0.4, -0.2) is 23.8 Å². The molecule has 6 nitrogen and oxygen atoms in total. The van der Waals surface area contributed by atoms with Crippen LogP contribution in [0.25, 0.3) is 66.0 Å². The van der Waals surface area contributed by atoms with E-state index in [0.29, 0.717) is 0 Å². The van der Waals surface area contributed by atoms with E-state index in [1.165, 1.54) is 27.6 Å². The molecule has 0 atom stereocenters. The molecule has 0 radical (unpaired) electrons. The van der Waals surface area contributed by atoms with Gasteiger partial charge in [-0.05, 0) is 111 Å². The zero-order valence-electron chi connectivity index (χ0n) is 26.4. The fourth-order valence-electron chi connectivity index (χ4n) is 7.43. The standard InChI is InChI=1S/C40H31N5O/c1-22-17-23(2)37(24(3)18-22)36-21-42-39-33-19-27(13-15-30(33)32-10-8-16-41-38(32)45(36)39)46-28-12-14-29-31-9-6-7-11-35(31)44-26(5)25(4)43-40(44)34(29)20-28/h6-21H,1-5H3. The summed E-state index contributed by atoms with van der Waals surface area (Å²) in [6.07, 6.45) is 3.83. The van der Waals surface area contributed by atoms with Crippen molar-refractivity contribution in [2.75, 3.05) is 0 Å². The molecule has 9 aromatic rings. The Labute approximate surface area is 265 Å². The third-order valence-electron chi connectivity index (χ3n) is 9.46. The van der Waals surface area contributed by atoms with Gasteiger partial charge >= 0.3 is 0 Å². The third kappa shape index (κ3) is 3.73. The number of rotatable bonds is 3. The van der Waals surface area contributed by atoms with Crippen LogP contribution in [0.3, 0.4) is 0 Å². The van der Waals surface area contributed by atoms with Crippen molar-refractivity contribution in [1.82, 2.24) is 23.8 Å². The maximum atomic E-state index is 6.61. The SMILES string of the molecule is Cc1cc(C)c(-c2cnc3c4cc(Oc5ccc6c7ccccc7n7c(C)c(C)nc7c6c5)ccc4c4cccnc4n23)c(C)c1. The third-order valence-corrected chi connectivity index (χ3v) is 9.46. The highest BCUT2D eigenvalue weighted by Gasteiger charge is 2.19. The zero-order chi connectivity index (χ0) is 31.3. The van der Waals surface area contributed by atoms with Crippen molar-refractivity contribution in [3.63, 3.8) is 0 Å². The first-order valence-electron chi connectivity index (χ1n) is 15.6. The minimum Gasteiger partial charge on any atom is -0.457 e. The van der Waals surface area contributed by atoms with Gasteiger partial charge in [0.1, 0.15) is 28.4 Å². The Hall–Kier alpha value is -5.75. The number of para-hydroxylation sites is 1. The van der Waals surface area contributed by atoms with Gasteiger partial charge in [0.05, 0.1) is 23.1 Å². The van der Waals surface area contributed by atoms with Crippen molar-refractivity contribution in [2.24, 2.45) is 0 Å².